The smallest absolute Gasteiger partial charge is 0.287 e. The molecular weight excluding hydrogens is 288 g/mol. The van der Waals surface area contributed by atoms with Crippen LogP contribution in [0.1, 0.15) is 32.1 Å². The van der Waals surface area contributed by atoms with Crippen LogP contribution < -0.4 is 16.2 Å². The van der Waals surface area contributed by atoms with Crippen molar-refractivity contribution in [1.82, 2.24) is 15.1 Å². The Balaban J connectivity index is 1.74. The zero-order valence-corrected chi connectivity index (χ0v) is 12.8. The quantitative estimate of drug-likeness (QED) is 0.837. The molecule has 1 aromatic rings. The average molecular weight is 309 g/mol. The summed E-state index contributed by atoms with van der Waals surface area (Å²) in [6, 6.07) is 0.348. The van der Waals surface area contributed by atoms with E-state index in [9.17, 15) is 4.79 Å². The van der Waals surface area contributed by atoms with Gasteiger partial charge in [0.1, 0.15) is 5.02 Å². The third-order valence-corrected chi connectivity index (χ3v) is 4.95. The van der Waals surface area contributed by atoms with Gasteiger partial charge in [-0.2, -0.15) is 5.10 Å². The van der Waals surface area contributed by atoms with E-state index in [-0.39, 0.29) is 10.6 Å². The van der Waals surface area contributed by atoms with Crippen LogP contribution in [0.5, 0.6) is 0 Å². The van der Waals surface area contributed by atoms with E-state index in [4.69, 9.17) is 11.6 Å². The van der Waals surface area contributed by atoms with E-state index in [0.717, 1.165) is 19.4 Å². The van der Waals surface area contributed by atoms with Gasteiger partial charge in [0.2, 0.25) is 0 Å². The van der Waals surface area contributed by atoms with E-state index in [1.54, 1.807) is 12.3 Å². The van der Waals surface area contributed by atoms with Crippen molar-refractivity contribution in [3.8, 4) is 0 Å². The van der Waals surface area contributed by atoms with Gasteiger partial charge in [0.25, 0.3) is 5.56 Å². The van der Waals surface area contributed by atoms with Crippen molar-refractivity contribution in [3.05, 3.63) is 34.2 Å². The van der Waals surface area contributed by atoms with E-state index in [1.807, 2.05) is 0 Å². The molecule has 6 heteroatoms. The van der Waals surface area contributed by atoms with Crippen LogP contribution >= 0.6 is 11.6 Å². The van der Waals surface area contributed by atoms with E-state index in [1.165, 1.54) is 23.9 Å². The van der Waals surface area contributed by atoms with E-state index in [0.29, 0.717) is 23.8 Å². The van der Waals surface area contributed by atoms with Crippen molar-refractivity contribution in [2.75, 3.05) is 11.9 Å². The second kappa shape index (κ2) is 5.81. The number of rotatable bonds is 4. The maximum absolute atomic E-state index is 12.1. The number of halogens is 1. The minimum absolute atomic E-state index is 0.216. The zero-order chi connectivity index (χ0) is 14.9. The molecule has 1 aliphatic heterocycles. The van der Waals surface area contributed by atoms with Gasteiger partial charge in [-0.3, -0.25) is 4.79 Å². The van der Waals surface area contributed by atoms with E-state index >= 15 is 0 Å². The molecule has 2 aliphatic rings. The fraction of sp³-hybridized carbons (Fsp3) is 0.600. The Morgan fingerprint density at radius 1 is 1.62 bits per heavy atom. The van der Waals surface area contributed by atoms with Gasteiger partial charge in [0.05, 0.1) is 18.4 Å². The molecule has 1 atom stereocenters. The Kier molecular flexibility index (Phi) is 4.04. The summed E-state index contributed by atoms with van der Waals surface area (Å²) in [5.74, 6) is 0. The van der Waals surface area contributed by atoms with Gasteiger partial charge >= 0.3 is 0 Å². The van der Waals surface area contributed by atoms with Crippen LogP contribution in [0.2, 0.25) is 5.02 Å². The number of aromatic nitrogens is 2. The second-order valence-corrected chi connectivity index (χ2v) is 6.42. The third-order valence-electron chi connectivity index (χ3n) is 4.59. The summed E-state index contributed by atoms with van der Waals surface area (Å²) in [4.78, 5) is 12.1. The molecule has 5 nitrogen and oxygen atoms in total. The lowest BCUT2D eigenvalue weighted by Gasteiger charge is -2.48. The predicted molar refractivity (Wildman–Crippen MR) is 84.9 cm³/mol. The van der Waals surface area contributed by atoms with Gasteiger partial charge in [-0.25, -0.2) is 4.68 Å². The van der Waals surface area contributed by atoms with Crippen LogP contribution in [0.4, 0.5) is 5.69 Å². The summed E-state index contributed by atoms with van der Waals surface area (Å²) in [5, 5.41) is 11.4. The zero-order valence-electron chi connectivity index (χ0n) is 12.1. The molecule has 0 radical (unpaired) electrons. The molecule has 0 amide bonds. The van der Waals surface area contributed by atoms with Crippen molar-refractivity contribution < 1.29 is 0 Å². The van der Waals surface area contributed by atoms with Crippen molar-refractivity contribution >= 4 is 17.3 Å². The van der Waals surface area contributed by atoms with Crippen LogP contribution in [-0.4, -0.2) is 27.9 Å². The Morgan fingerprint density at radius 2 is 2.43 bits per heavy atom. The summed E-state index contributed by atoms with van der Waals surface area (Å²) < 4.78 is 1.32. The van der Waals surface area contributed by atoms with Gasteiger partial charge in [-0.05, 0) is 38.6 Å². The number of hydrogen-bond donors (Lipinski definition) is 2. The van der Waals surface area contributed by atoms with Crippen molar-refractivity contribution in [2.24, 2.45) is 0 Å². The first-order valence-electron chi connectivity index (χ1n) is 7.52. The van der Waals surface area contributed by atoms with Gasteiger partial charge in [0.15, 0.2) is 0 Å². The Labute approximate surface area is 129 Å². The van der Waals surface area contributed by atoms with Crippen LogP contribution in [0.3, 0.4) is 0 Å². The molecule has 0 bridgehead atoms. The van der Waals surface area contributed by atoms with Crippen molar-refractivity contribution in [2.45, 2.75) is 50.2 Å². The first-order chi connectivity index (χ1) is 10.1. The van der Waals surface area contributed by atoms with E-state index < -0.39 is 0 Å². The van der Waals surface area contributed by atoms with Crippen molar-refractivity contribution in [3.63, 3.8) is 0 Å². The molecule has 1 saturated carbocycles. The van der Waals surface area contributed by atoms with Crippen LogP contribution in [0, 0.1) is 0 Å². The first kappa shape index (κ1) is 14.6. The van der Waals surface area contributed by atoms with Crippen molar-refractivity contribution in [1.29, 1.82) is 0 Å². The Morgan fingerprint density at radius 3 is 3.10 bits per heavy atom. The summed E-state index contributed by atoms with van der Waals surface area (Å²) in [5.41, 5.74) is 0.686. The fourth-order valence-corrected chi connectivity index (χ4v) is 3.50. The highest BCUT2D eigenvalue weighted by Crippen LogP contribution is 2.39. The maximum Gasteiger partial charge on any atom is 0.287 e. The van der Waals surface area contributed by atoms with Crippen LogP contribution in [0.15, 0.2) is 23.6 Å². The highest BCUT2D eigenvalue weighted by molar-refractivity contribution is 6.32. The summed E-state index contributed by atoms with van der Waals surface area (Å²) in [7, 11) is 0. The molecule has 1 aromatic heterocycles. The minimum Gasteiger partial charge on any atom is -0.380 e. The largest absolute Gasteiger partial charge is 0.380 e. The standard InChI is InChI=1S/C15H21ClN4O/c1-2-8-20-14(21)13(16)12(10-18-20)19-11-4-7-17-15(9-11)5-3-6-15/h2,10-11,17,19H,1,3-9H2. The molecule has 1 spiro atoms. The third kappa shape index (κ3) is 2.85. The van der Waals surface area contributed by atoms with Gasteiger partial charge < -0.3 is 10.6 Å². The molecular formula is C15H21ClN4O. The van der Waals surface area contributed by atoms with E-state index in [2.05, 4.69) is 22.3 Å². The number of allylic oxidation sites excluding steroid dienone is 1. The second-order valence-electron chi connectivity index (χ2n) is 6.04. The molecule has 1 aliphatic carbocycles. The topological polar surface area (TPSA) is 59.0 Å². The molecule has 2 fully saturated rings. The lowest BCUT2D eigenvalue weighted by atomic mass is 9.70. The first-order valence-corrected chi connectivity index (χ1v) is 7.89. The molecule has 3 rings (SSSR count). The highest BCUT2D eigenvalue weighted by Gasteiger charge is 2.40. The molecule has 114 valence electrons. The average Bonchev–Trinajstić information content (AvgIpc) is 2.46. The number of nitrogens with zero attached hydrogens (tertiary/aromatic N) is 2. The normalized spacial score (nSPS) is 23.6. The molecule has 21 heavy (non-hydrogen) atoms. The Hall–Kier alpha value is -1.33. The number of hydrogen-bond acceptors (Lipinski definition) is 4. The number of piperidine rings is 1. The molecule has 2 N–H and O–H groups in total. The number of anilines is 1. The molecule has 0 aromatic carbocycles. The summed E-state index contributed by atoms with van der Waals surface area (Å²) in [6.45, 7) is 4.99. The molecule has 1 unspecified atom stereocenters. The SMILES string of the molecule is C=CCn1ncc(NC2CCNC3(CCC3)C2)c(Cl)c1=O. The van der Waals surface area contributed by atoms with Gasteiger partial charge in [-0.1, -0.05) is 17.7 Å². The Bertz CT molecular complexity index is 594. The lowest BCUT2D eigenvalue weighted by Crippen LogP contribution is -2.58. The summed E-state index contributed by atoms with van der Waals surface area (Å²) in [6.07, 6.45) is 9.19. The van der Waals surface area contributed by atoms with Gasteiger partial charge in [0, 0.05) is 11.6 Å². The lowest BCUT2D eigenvalue weighted by molar-refractivity contribution is 0.135. The number of nitrogens with one attached hydrogen (secondary N) is 2. The summed E-state index contributed by atoms with van der Waals surface area (Å²) >= 11 is 6.19. The predicted octanol–water partition coefficient (Wildman–Crippen LogP) is 2.17. The molecule has 2 heterocycles. The van der Waals surface area contributed by atoms with Crippen LogP contribution in [0.25, 0.3) is 0 Å². The van der Waals surface area contributed by atoms with Crippen LogP contribution in [-0.2, 0) is 6.54 Å². The monoisotopic (exact) mass is 308 g/mol. The van der Waals surface area contributed by atoms with Gasteiger partial charge in [-0.15, -0.1) is 6.58 Å². The fourth-order valence-electron chi connectivity index (χ4n) is 3.30. The maximum atomic E-state index is 12.1. The minimum atomic E-state index is -0.270. The molecule has 1 saturated heterocycles. The highest BCUT2D eigenvalue weighted by atomic mass is 35.5.